The Kier molecular flexibility index (Phi) is 10.1. The van der Waals surface area contributed by atoms with Gasteiger partial charge in [0.05, 0.1) is 31.4 Å². The average molecular weight is 574 g/mol. The fraction of sp³-hybridized carbons (Fsp3) is 0.419. The van der Waals surface area contributed by atoms with Crippen molar-refractivity contribution in [2.45, 2.75) is 19.4 Å². The van der Waals surface area contributed by atoms with Crippen LogP contribution in [0.3, 0.4) is 0 Å². The van der Waals surface area contributed by atoms with Gasteiger partial charge in [0.1, 0.15) is 11.7 Å². The Morgan fingerprint density at radius 3 is 2.65 bits per heavy atom. The molecule has 216 valence electrons. The van der Waals surface area contributed by atoms with Crippen molar-refractivity contribution < 1.29 is 22.6 Å². The molecule has 0 amide bonds. The summed E-state index contributed by atoms with van der Waals surface area (Å²) < 4.78 is 55.5. The zero-order valence-corrected chi connectivity index (χ0v) is 24.4. The minimum Gasteiger partial charge on any atom is -0.494 e. The number of allylic oxidation sites excluding steroid dienone is 7. The first-order chi connectivity index (χ1) is 19.2. The third-order valence-corrected chi connectivity index (χ3v) is 8.95. The maximum Gasteiger partial charge on any atom is 0.172 e. The van der Waals surface area contributed by atoms with Gasteiger partial charge in [-0.15, -0.1) is 11.8 Å². The number of ether oxygens (including phenoxy) is 2. The molecule has 0 bridgehead atoms. The van der Waals surface area contributed by atoms with Gasteiger partial charge in [0.25, 0.3) is 0 Å². The van der Waals surface area contributed by atoms with Gasteiger partial charge in [-0.25, -0.2) is 13.2 Å². The Morgan fingerprint density at radius 1 is 1.27 bits per heavy atom. The molecule has 0 aromatic heterocycles. The van der Waals surface area contributed by atoms with Gasteiger partial charge in [0.2, 0.25) is 0 Å². The average Bonchev–Trinajstić information content (AvgIpc) is 3.36. The van der Waals surface area contributed by atoms with E-state index in [9.17, 15) is 8.78 Å². The van der Waals surface area contributed by atoms with Crippen LogP contribution in [0, 0.1) is 5.82 Å². The Hall–Kier alpha value is -2.72. The summed E-state index contributed by atoms with van der Waals surface area (Å²) in [5.41, 5.74) is 2.87. The molecule has 0 spiro atoms. The standard InChI is InChI=1S/C31H38F3N3O2S/c1-7-27(33)26(21(3)32)17-25-20(2)29(24-9-8-10-28(38-6)30(24)34)22(4)37-23(19-40-31(25)37)18-35(5)11-12-36-13-15-39-16-14-36/h7-10,23H,1,3-4,11-19H2,2,5-6H3/b27-26+. The molecule has 0 N–H and O–H groups in total. The minimum absolute atomic E-state index is 0.0409. The normalized spacial score (nSPS) is 20.7. The number of benzene rings is 1. The fourth-order valence-corrected chi connectivity index (χ4v) is 6.87. The zero-order chi connectivity index (χ0) is 29.0. The molecule has 0 aliphatic carbocycles. The number of hydrogen-bond donors (Lipinski definition) is 0. The Balaban J connectivity index is 1.71. The van der Waals surface area contributed by atoms with Crippen LogP contribution in [0.2, 0.25) is 0 Å². The van der Waals surface area contributed by atoms with Crippen molar-refractivity contribution in [3.05, 3.63) is 94.5 Å². The van der Waals surface area contributed by atoms with Crippen molar-refractivity contribution in [3.8, 4) is 5.75 Å². The number of hydrogen-bond acceptors (Lipinski definition) is 6. The van der Waals surface area contributed by atoms with E-state index in [1.54, 1.807) is 30.0 Å². The molecule has 0 saturated carbocycles. The number of halogens is 3. The number of morpholine rings is 1. The highest BCUT2D eigenvalue weighted by atomic mass is 32.2. The molecular formula is C31H38F3N3O2S. The summed E-state index contributed by atoms with van der Waals surface area (Å²) in [6.45, 7) is 19.1. The van der Waals surface area contributed by atoms with E-state index in [2.05, 4.69) is 41.5 Å². The fourth-order valence-electron chi connectivity index (χ4n) is 5.47. The first-order valence-electron chi connectivity index (χ1n) is 13.4. The second kappa shape index (κ2) is 13.3. The van der Waals surface area contributed by atoms with Crippen LogP contribution in [-0.4, -0.2) is 86.6 Å². The summed E-state index contributed by atoms with van der Waals surface area (Å²) in [4.78, 5) is 6.81. The van der Waals surface area contributed by atoms with Gasteiger partial charge in [-0.05, 0) is 37.3 Å². The predicted molar refractivity (Wildman–Crippen MR) is 158 cm³/mol. The van der Waals surface area contributed by atoms with Crippen molar-refractivity contribution in [3.63, 3.8) is 0 Å². The monoisotopic (exact) mass is 573 g/mol. The van der Waals surface area contributed by atoms with E-state index in [0.717, 1.165) is 68.4 Å². The summed E-state index contributed by atoms with van der Waals surface area (Å²) in [7, 11) is 3.52. The molecule has 0 radical (unpaired) electrons. The van der Waals surface area contributed by atoms with Crippen LogP contribution in [0.1, 0.15) is 18.9 Å². The van der Waals surface area contributed by atoms with Crippen molar-refractivity contribution in [2.24, 2.45) is 0 Å². The van der Waals surface area contributed by atoms with Crippen molar-refractivity contribution in [1.82, 2.24) is 14.7 Å². The molecule has 2 fully saturated rings. The van der Waals surface area contributed by atoms with E-state index >= 15 is 4.39 Å². The molecule has 1 aromatic rings. The second-order valence-corrected chi connectivity index (χ2v) is 11.2. The van der Waals surface area contributed by atoms with Crippen LogP contribution in [-0.2, 0) is 4.74 Å². The Morgan fingerprint density at radius 2 is 2.00 bits per heavy atom. The van der Waals surface area contributed by atoms with Gasteiger partial charge in [-0.2, -0.15) is 0 Å². The predicted octanol–water partition coefficient (Wildman–Crippen LogP) is 6.31. The topological polar surface area (TPSA) is 28.2 Å². The number of thioether (sulfide) groups is 1. The first-order valence-corrected chi connectivity index (χ1v) is 14.4. The Bertz CT molecular complexity index is 1270. The smallest absolute Gasteiger partial charge is 0.172 e. The van der Waals surface area contributed by atoms with Crippen molar-refractivity contribution in [2.75, 3.05) is 65.8 Å². The van der Waals surface area contributed by atoms with Gasteiger partial charge in [0.15, 0.2) is 11.6 Å². The van der Waals surface area contributed by atoms with Gasteiger partial charge in [0, 0.05) is 67.3 Å². The second-order valence-electron chi connectivity index (χ2n) is 10.2. The van der Waals surface area contributed by atoms with Gasteiger partial charge < -0.3 is 19.3 Å². The molecule has 3 heterocycles. The van der Waals surface area contributed by atoms with E-state index in [1.807, 2.05) is 6.92 Å². The van der Waals surface area contributed by atoms with Crippen LogP contribution >= 0.6 is 11.8 Å². The van der Waals surface area contributed by atoms with Gasteiger partial charge in [-0.3, -0.25) is 4.90 Å². The first kappa shape index (κ1) is 30.2. The van der Waals surface area contributed by atoms with E-state index in [4.69, 9.17) is 9.47 Å². The maximum absolute atomic E-state index is 15.6. The molecule has 40 heavy (non-hydrogen) atoms. The van der Waals surface area contributed by atoms with Gasteiger partial charge >= 0.3 is 0 Å². The molecular weight excluding hydrogens is 535 g/mol. The van der Waals surface area contributed by atoms with Crippen LogP contribution in [0.5, 0.6) is 5.75 Å². The van der Waals surface area contributed by atoms with Crippen LogP contribution in [0.25, 0.3) is 5.57 Å². The zero-order valence-electron chi connectivity index (χ0n) is 23.6. The maximum atomic E-state index is 15.6. The van der Waals surface area contributed by atoms with E-state index < -0.39 is 17.5 Å². The molecule has 5 nitrogen and oxygen atoms in total. The SMILES string of the molecule is C=C/C(F)=C(/CC1=C2SCC(CN(C)CCN3CCOCC3)N2C(=C)C(c2cccc(OC)c2F)=C1C)C(=C)F. The van der Waals surface area contributed by atoms with E-state index in [0.29, 0.717) is 22.4 Å². The minimum atomic E-state index is -0.856. The molecule has 3 aliphatic rings. The lowest BCUT2D eigenvalue weighted by molar-refractivity contribution is 0.0339. The molecule has 9 heteroatoms. The lowest BCUT2D eigenvalue weighted by atomic mass is 9.86. The number of nitrogens with zero attached hydrogens (tertiary/aromatic N) is 3. The molecule has 2 saturated heterocycles. The summed E-state index contributed by atoms with van der Waals surface area (Å²) in [5.74, 6) is -1.24. The lowest BCUT2D eigenvalue weighted by Gasteiger charge is -2.38. The summed E-state index contributed by atoms with van der Waals surface area (Å²) in [6.07, 6.45) is 0.945. The number of methoxy groups -OCH3 is 1. The van der Waals surface area contributed by atoms with Crippen LogP contribution in [0.4, 0.5) is 13.2 Å². The molecule has 4 rings (SSSR count). The summed E-state index contributed by atoms with van der Waals surface area (Å²) in [6, 6.07) is 5.02. The third-order valence-electron chi connectivity index (χ3n) is 7.69. The molecule has 1 atom stereocenters. The Labute approximate surface area is 240 Å². The summed E-state index contributed by atoms with van der Waals surface area (Å²) >= 11 is 1.64. The van der Waals surface area contributed by atoms with E-state index in [-0.39, 0.29) is 23.8 Å². The van der Waals surface area contributed by atoms with Crippen molar-refractivity contribution >= 4 is 17.3 Å². The van der Waals surface area contributed by atoms with Gasteiger partial charge in [-0.1, -0.05) is 31.9 Å². The third kappa shape index (κ3) is 6.28. The molecule has 3 aliphatic heterocycles. The van der Waals surface area contributed by atoms with E-state index in [1.165, 1.54) is 7.11 Å². The van der Waals surface area contributed by atoms with Crippen LogP contribution < -0.4 is 4.74 Å². The highest BCUT2D eigenvalue weighted by Gasteiger charge is 2.40. The summed E-state index contributed by atoms with van der Waals surface area (Å²) in [5, 5.41) is 0.886. The van der Waals surface area contributed by atoms with Crippen molar-refractivity contribution in [1.29, 1.82) is 0 Å². The lowest BCUT2D eigenvalue weighted by Crippen LogP contribution is -2.44. The highest BCUT2D eigenvalue weighted by Crippen LogP contribution is 2.51. The quantitative estimate of drug-likeness (QED) is 0.288. The number of fused-ring (bicyclic) bond motifs is 1. The number of rotatable bonds is 11. The van der Waals surface area contributed by atoms with Crippen LogP contribution in [0.15, 0.2) is 83.1 Å². The highest BCUT2D eigenvalue weighted by molar-refractivity contribution is 8.03. The number of likely N-dealkylation sites (N-methyl/N-ethyl adjacent to an activating group) is 1. The molecule has 1 aromatic carbocycles. The largest absolute Gasteiger partial charge is 0.494 e. The molecule has 1 unspecified atom stereocenters.